The number of aromatic nitrogens is 4. The number of nitrogens with two attached hydrogens (primary N) is 1. The molecular weight excluding hydrogens is 262 g/mol. The SMILES string of the molecule is CSc1nnc(Sc2ncnc(N)c2C)s1. The lowest BCUT2D eigenvalue weighted by molar-refractivity contribution is 0.949. The van der Waals surface area contributed by atoms with E-state index in [2.05, 4.69) is 20.2 Å². The highest BCUT2D eigenvalue weighted by Crippen LogP contribution is 2.33. The van der Waals surface area contributed by atoms with Crippen molar-refractivity contribution in [2.24, 2.45) is 0 Å². The molecule has 2 heterocycles. The minimum atomic E-state index is 0.507. The second-order valence-electron chi connectivity index (χ2n) is 2.83. The third-order valence-corrected chi connectivity index (χ3v) is 4.88. The van der Waals surface area contributed by atoms with Crippen molar-refractivity contribution in [1.82, 2.24) is 20.2 Å². The normalized spacial score (nSPS) is 10.6. The fraction of sp³-hybridized carbons (Fsp3) is 0.250. The molecule has 0 atom stereocenters. The molecular formula is C8H9N5S3. The van der Waals surface area contributed by atoms with Gasteiger partial charge in [-0.25, -0.2) is 9.97 Å². The summed E-state index contributed by atoms with van der Waals surface area (Å²) in [6.07, 6.45) is 3.43. The van der Waals surface area contributed by atoms with Crippen molar-refractivity contribution in [3.05, 3.63) is 11.9 Å². The van der Waals surface area contributed by atoms with Crippen LogP contribution >= 0.6 is 34.9 Å². The summed E-state index contributed by atoms with van der Waals surface area (Å²) in [5.74, 6) is 0.507. The molecule has 0 radical (unpaired) electrons. The quantitative estimate of drug-likeness (QED) is 0.676. The Morgan fingerprint density at radius 2 is 2.00 bits per heavy atom. The zero-order chi connectivity index (χ0) is 11.5. The molecule has 84 valence electrons. The topological polar surface area (TPSA) is 77.6 Å². The number of thioether (sulfide) groups is 1. The van der Waals surface area contributed by atoms with E-state index in [1.807, 2.05) is 13.2 Å². The van der Waals surface area contributed by atoms with Crippen LogP contribution in [-0.2, 0) is 0 Å². The second kappa shape index (κ2) is 4.98. The summed E-state index contributed by atoms with van der Waals surface area (Å²) in [7, 11) is 0. The predicted octanol–water partition coefficient (Wildman–Crippen LogP) is 2.09. The number of nitrogens with zero attached hydrogens (tertiary/aromatic N) is 4. The van der Waals surface area contributed by atoms with Gasteiger partial charge in [0, 0.05) is 5.56 Å². The lowest BCUT2D eigenvalue weighted by Gasteiger charge is -2.02. The van der Waals surface area contributed by atoms with Crippen LogP contribution in [0, 0.1) is 6.92 Å². The molecule has 2 rings (SSSR count). The first kappa shape index (κ1) is 11.6. The van der Waals surface area contributed by atoms with Crippen LogP contribution in [-0.4, -0.2) is 26.4 Å². The summed E-state index contributed by atoms with van der Waals surface area (Å²) in [5, 5.41) is 8.91. The molecule has 0 unspecified atom stereocenters. The van der Waals surface area contributed by atoms with E-state index in [4.69, 9.17) is 5.73 Å². The third-order valence-electron chi connectivity index (χ3n) is 1.82. The monoisotopic (exact) mass is 271 g/mol. The van der Waals surface area contributed by atoms with E-state index in [0.717, 1.165) is 19.3 Å². The predicted molar refractivity (Wildman–Crippen MR) is 67.0 cm³/mol. The van der Waals surface area contributed by atoms with Crippen LogP contribution in [0.4, 0.5) is 5.82 Å². The largest absolute Gasteiger partial charge is 0.383 e. The maximum Gasteiger partial charge on any atom is 0.181 e. The van der Waals surface area contributed by atoms with Crippen molar-refractivity contribution >= 4 is 40.7 Å². The highest BCUT2D eigenvalue weighted by Gasteiger charge is 2.10. The van der Waals surface area contributed by atoms with E-state index in [9.17, 15) is 0 Å². The molecule has 0 amide bonds. The molecule has 0 aliphatic carbocycles. The molecule has 16 heavy (non-hydrogen) atoms. The number of rotatable bonds is 3. The summed E-state index contributed by atoms with van der Waals surface area (Å²) < 4.78 is 1.81. The Morgan fingerprint density at radius 3 is 2.69 bits per heavy atom. The molecule has 0 aliphatic rings. The van der Waals surface area contributed by atoms with Crippen LogP contribution in [0.5, 0.6) is 0 Å². The van der Waals surface area contributed by atoms with Gasteiger partial charge >= 0.3 is 0 Å². The summed E-state index contributed by atoms with van der Waals surface area (Å²) in [6, 6.07) is 0. The molecule has 2 aromatic rings. The van der Waals surface area contributed by atoms with Gasteiger partial charge in [0.2, 0.25) is 0 Å². The maximum absolute atomic E-state index is 5.70. The van der Waals surface area contributed by atoms with Gasteiger partial charge in [-0.1, -0.05) is 23.1 Å². The molecule has 8 heteroatoms. The molecule has 0 fully saturated rings. The van der Waals surface area contributed by atoms with E-state index in [1.54, 1.807) is 23.1 Å². The van der Waals surface area contributed by atoms with Crippen LogP contribution in [0.1, 0.15) is 5.56 Å². The van der Waals surface area contributed by atoms with E-state index in [1.165, 1.54) is 18.1 Å². The number of anilines is 1. The molecule has 0 aromatic carbocycles. The van der Waals surface area contributed by atoms with Crippen LogP contribution in [0.25, 0.3) is 0 Å². The van der Waals surface area contributed by atoms with E-state index < -0.39 is 0 Å². The van der Waals surface area contributed by atoms with Crippen molar-refractivity contribution < 1.29 is 0 Å². The molecule has 0 aliphatic heterocycles. The lowest BCUT2D eigenvalue weighted by Crippen LogP contribution is -1.97. The summed E-state index contributed by atoms with van der Waals surface area (Å²) in [5.41, 5.74) is 6.59. The third kappa shape index (κ3) is 2.45. The average molecular weight is 271 g/mol. The average Bonchev–Trinajstić information content (AvgIpc) is 2.73. The van der Waals surface area contributed by atoms with E-state index in [-0.39, 0.29) is 0 Å². The van der Waals surface area contributed by atoms with Gasteiger partial charge in [0.1, 0.15) is 17.2 Å². The lowest BCUT2D eigenvalue weighted by atomic mass is 10.4. The molecule has 0 saturated heterocycles. The Kier molecular flexibility index (Phi) is 3.62. The maximum atomic E-state index is 5.70. The van der Waals surface area contributed by atoms with Crippen LogP contribution in [0.2, 0.25) is 0 Å². The second-order valence-corrected chi connectivity index (χ2v) is 6.10. The summed E-state index contributed by atoms with van der Waals surface area (Å²) in [6.45, 7) is 1.90. The number of hydrogen-bond acceptors (Lipinski definition) is 8. The highest BCUT2D eigenvalue weighted by atomic mass is 32.2. The van der Waals surface area contributed by atoms with Crippen LogP contribution in [0.15, 0.2) is 20.0 Å². The highest BCUT2D eigenvalue weighted by molar-refractivity contribution is 8.03. The molecule has 2 N–H and O–H groups in total. The van der Waals surface area contributed by atoms with E-state index >= 15 is 0 Å². The van der Waals surface area contributed by atoms with Crippen molar-refractivity contribution in [3.63, 3.8) is 0 Å². The summed E-state index contributed by atoms with van der Waals surface area (Å²) in [4.78, 5) is 8.09. The van der Waals surface area contributed by atoms with Gasteiger partial charge in [0.05, 0.1) is 0 Å². The fourth-order valence-electron chi connectivity index (χ4n) is 0.953. The number of nitrogen functional groups attached to an aromatic ring is 1. The van der Waals surface area contributed by atoms with Gasteiger partial charge in [-0.2, -0.15) is 0 Å². The van der Waals surface area contributed by atoms with Gasteiger partial charge in [-0.05, 0) is 24.9 Å². The minimum absolute atomic E-state index is 0.507. The Hall–Kier alpha value is -0.860. The first-order chi connectivity index (χ1) is 7.70. The Balaban J connectivity index is 2.23. The van der Waals surface area contributed by atoms with Crippen LogP contribution in [0.3, 0.4) is 0 Å². The van der Waals surface area contributed by atoms with Crippen molar-refractivity contribution in [1.29, 1.82) is 0 Å². The smallest absolute Gasteiger partial charge is 0.181 e. The molecule has 5 nitrogen and oxygen atoms in total. The molecule has 0 saturated carbocycles. The molecule has 0 spiro atoms. The molecule has 2 aromatic heterocycles. The first-order valence-electron chi connectivity index (χ1n) is 4.33. The van der Waals surface area contributed by atoms with Gasteiger partial charge in [0.25, 0.3) is 0 Å². The van der Waals surface area contributed by atoms with Gasteiger partial charge in [-0.3, -0.25) is 0 Å². The zero-order valence-electron chi connectivity index (χ0n) is 8.67. The Labute approximate surface area is 105 Å². The van der Waals surface area contributed by atoms with Crippen molar-refractivity contribution in [2.75, 3.05) is 12.0 Å². The minimum Gasteiger partial charge on any atom is -0.383 e. The Morgan fingerprint density at radius 1 is 1.25 bits per heavy atom. The van der Waals surface area contributed by atoms with Crippen molar-refractivity contribution in [3.8, 4) is 0 Å². The van der Waals surface area contributed by atoms with Crippen LogP contribution < -0.4 is 5.73 Å². The summed E-state index contributed by atoms with van der Waals surface area (Å²) >= 11 is 4.59. The zero-order valence-corrected chi connectivity index (χ0v) is 11.1. The van der Waals surface area contributed by atoms with Gasteiger partial charge in [-0.15, -0.1) is 10.2 Å². The Bertz CT molecular complexity index is 498. The van der Waals surface area contributed by atoms with E-state index in [0.29, 0.717) is 5.82 Å². The number of hydrogen-bond donors (Lipinski definition) is 1. The first-order valence-corrected chi connectivity index (χ1v) is 7.19. The van der Waals surface area contributed by atoms with Gasteiger partial charge in [0.15, 0.2) is 8.68 Å². The molecule has 0 bridgehead atoms. The van der Waals surface area contributed by atoms with Crippen molar-refractivity contribution in [2.45, 2.75) is 20.6 Å². The van der Waals surface area contributed by atoms with Gasteiger partial charge < -0.3 is 5.73 Å². The standard InChI is InChI=1S/C8H9N5S3/c1-4-5(9)10-3-11-6(4)15-8-13-12-7(14-2)16-8/h3H,1-2H3,(H2,9,10,11). The fourth-order valence-corrected chi connectivity index (χ4v) is 3.36.